The molecular weight excluding hydrogens is 182 g/mol. The largest absolute Gasteiger partial charge is 0.361 e. The topological polar surface area (TPSA) is 12.0 Å². The maximum atomic E-state index is 3.28. The zero-order valence-electron chi connectivity index (χ0n) is 9.12. The van der Waals surface area contributed by atoms with E-state index in [1.807, 2.05) is 24.4 Å². The lowest BCUT2D eigenvalue weighted by Gasteiger charge is -2.10. The quantitative estimate of drug-likeness (QED) is 0.728. The summed E-state index contributed by atoms with van der Waals surface area (Å²) in [6.45, 7) is 4.26. The van der Waals surface area contributed by atoms with Crippen LogP contribution in [0.25, 0.3) is 5.70 Å². The van der Waals surface area contributed by atoms with Crippen molar-refractivity contribution < 1.29 is 0 Å². The van der Waals surface area contributed by atoms with E-state index < -0.39 is 0 Å². The number of aryl methyl sites for hydroxylation is 2. The fourth-order valence-corrected chi connectivity index (χ4v) is 1.74. The summed E-state index contributed by atoms with van der Waals surface area (Å²) < 4.78 is 0. The summed E-state index contributed by atoms with van der Waals surface area (Å²) in [5.41, 5.74) is 5.02. The molecule has 0 amide bonds. The Balaban J connectivity index is 2.41. The van der Waals surface area contributed by atoms with Crippen LogP contribution in [0.5, 0.6) is 0 Å². The Labute approximate surface area is 90.8 Å². The van der Waals surface area contributed by atoms with Gasteiger partial charge in [-0.1, -0.05) is 35.9 Å². The van der Waals surface area contributed by atoms with E-state index in [-0.39, 0.29) is 0 Å². The van der Waals surface area contributed by atoms with Gasteiger partial charge in [0.2, 0.25) is 0 Å². The van der Waals surface area contributed by atoms with Crippen molar-refractivity contribution in [3.8, 4) is 0 Å². The molecule has 1 heterocycles. The molecule has 0 fully saturated rings. The smallest absolute Gasteiger partial charge is 0.0456 e. The Bertz CT molecular complexity index is 450. The molecule has 1 N–H and O–H groups in total. The monoisotopic (exact) mass is 197 g/mol. The van der Waals surface area contributed by atoms with E-state index in [1.165, 1.54) is 16.7 Å². The molecule has 76 valence electrons. The van der Waals surface area contributed by atoms with Crippen molar-refractivity contribution in [2.45, 2.75) is 13.8 Å². The molecule has 1 aliphatic rings. The summed E-state index contributed by atoms with van der Waals surface area (Å²) in [7, 11) is 0. The van der Waals surface area contributed by atoms with Gasteiger partial charge in [0.1, 0.15) is 0 Å². The lowest BCUT2D eigenvalue weighted by atomic mass is 10.0. The molecule has 0 saturated carbocycles. The van der Waals surface area contributed by atoms with E-state index in [9.17, 15) is 0 Å². The SMILES string of the molecule is Cc1ccc(C2=CC=CC=CN2)c(C)c1. The minimum Gasteiger partial charge on any atom is -0.361 e. The van der Waals surface area contributed by atoms with Gasteiger partial charge in [0, 0.05) is 17.5 Å². The van der Waals surface area contributed by atoms with Gasteiger partial charge in [-0.2, -0.15) is 0 Å². The maximum Gasteiger partial charge on any atom is 0.0456 e. The summed E-state index contributed by atoms with van der Waals surface area (Å²) >= 11 is 0. The van der Waals surface area contributed by atoms with Crippen molar-refractivity contribution in [3.63, 3.8) is 0 Å². The Morgan fingerprint density at radius 2 is 1.87 bits per heavy atom. The van der Waals surface area contributed by atoms with Gasteiger partial charge in [0.15, 0.2) is 0 Å². The predicted molar refractivity (Wildman–Crippen MR) is 65.3 cm³/mol. The summed E-state index contributed by atoms with van der Waals surface area (Å²) in [5.74, 6) is 0. The summed E-state index contributed by atoms with van der Waals surface area (Å²) in [5, 5.41) is 3.28. The van der Waals surface area contributed by atoms with Gasteiger partial charge < -0.3 is 5.32 Å². The summed E-state index contributed by atoms with van der Waals surface area (Å²) in [6.07, 6.45) is 10.1. The van der Waals surface area contributed by atoms with Gasteiger partial charge in [-0.15, -0.1) is 0 Å². The number of allylic oxidation sites excluding steroid dienone is 4. The molecule has 0 unspecified atom stereocenters. The zero-order valence-corrected chi connectivity index (χ0v) is 9.12. The van der Waals surface area contributed by atoms with E-state index in [0.29, 0.717) is 0 Å². The second-order valence-corrected chi connectivity index (χ2v) is 3.79. The van der Waals surface area contributed by atoms with Crippen LogP contribution in [-0.2, 0) is 0 Å². The Morgan fingerprint density at radius 1 is 1.00 bits per heavy atom. The molecule has 0 aromatic heterocycles. The summed E-state index contributed by atoms with van der Waals surface area (Å²) in [6, 6.07) is 6.51. The standard InChI is InChI=1S/C14H15N/c1-11-7-8-13(12(2)10-11)14-6-4-3-5-9-15-14/h3-10,15H,1-2H3. The first kappa shape index (κ1) is 9.78. The molecule has 2 rings (SSSR count). The van der Waals surface area contributed by atoms with E-state index in [2.05, 4.69) is 43.4 Å². The van der Waals surface area contributed by atoms with E-state index in [4.69, 9.17) is 0 Å². The molecule has 0 aliphatic carbocycles. The van der Waals surface area contributed by atoms with Crippen molar-refractivity contribution in [2.24, 2.45) is 0 Å². The highest BCUT2D eigenvalue weighted by Gasteiger charge is 2.03. The van der Waals surface area contributed by atoms with Crippen LogP contribution in [0, 0.1) is 13.8 Å². The molecular formula is C14H15N. The molecule has 1 nitrogen and oxygen atoms in total. The number of hydrogen-bond donors (Lipinski definition) is 1. The first-order valence-electron chi connectivity index (χ1n) is 5.15. The normalized spacial score (nSPS) is 14.4. The minimum atomic E-state index is 1.15. The number of nitrogens with one attached hydrogen (secondary N) is 1. The van der Waals surface area contributed by atoms with Crippen LogP contribution in [0.15, 0.2) is 48.7 Å². The third-order valence-corrected chi connectivity index (χ3v) is 2.49. The Morgan fingerprint density at radius 3 is 2.67 bits per heavy atom. The van der Waals surface area contributed by atoms with Crippen LogP contribution in [0.4, 0.5) is 0 Å². The van der Waals surface area contributed by atoms with Gasteiger partial charge in [0.05, 0.1) is 0 Å². The minimum absolute atomic E-state index is 1.15. The fourth-order valence-electron chi connectivity index (χ4n) is 1.74. The van der Waals surface area contributed by atoms with Crippen molar-refractivity contribution in [1.29, 1.82) is 0 Å². The average molecular weight is 197 g/mol. The van der Waals surface area contributed by atoms with E-state index >= 15 is 0 Å². The van der Waals surface area contributed by atoms with Crippen LogP contribution in [0.2, 0.25) is 0 Å². The molecule has 0 atom stereocenters. The highest BCUT2D eigenvalue weighted by atomic mass is 14.8. The van der Waals surface area contributed by atoms with Crippen LogP contribution in [0.3, 0.4) is 0 Å². The number of rotatable bonds is 1. The molecule has 1 heteroatoms. The number of hydrogen-bond acceptors (Lipinski definition) is 1. The second-order valence-electron chi connectivity index (χ2n) is 3.79. The number of benzene rings is 1. The molecule has 1 aliphatic heterocycles. The fraction of sp³-hybridized carbons (Fsp3) is 0.143. The zero-order chi connectivity index (χ0) is 10.7. The molecule has 0 radical (unpaired) electrons. The van der Waals surface area contributed by atoms with Gasteiger partial charge in [-0.25, -0.2) is 0 Å². The predicted octanol–water partition coefficient (Wildman–Crippen LogP) is 3.32. The second kappa shape index (κ2) is 4.18. The van der Waals surface area contributed by atoms with Crippen LogP contribution >= 0.6 is 0 Å². The van der Waals surface area contributed by atoms with Crippen molar-refractivity contribution in [1.82, 2.24) is 5.32 Å². The third kappa shape index (κ3) is 2.18. The van der Waals surface area contributed by atoms with Crippen molar-refractivity contribution in [3.05, 3.63) is 65.4 Å². The molecule has 1 aromatic rings. The molecule has 15 heavy (non-hydrogen) atoms. The van der Waals surface area contributed by atoms with E-state index in [0.717, 1.165) is 5.70 Å². The van der Waals surface area contributed by atoms with Crippen LogP contribution in [0.1, 0.15) is 16.7 Å². The van der Waals surface area contributed by atoms with E-state index in [1.54, 1.807) is 0 Å². The third-order valence-electron chi connectivity index (χ3n) is 2.49. The molecule has 0 bridgehead atoms. The summed E-state index contributed by atoms with van der Waals surface area (Å²) in [4.78, 5) is 0. The first-order chi connectivity index (χ1) is 7.27. The Hall–Kier alpha value is -1.76. The van der Waals surface area contributed by atoms with Crippen LogP contribution < -0.4 is 5.32 Å². The average Bonchev–Trinajstić information content (AvgIpc) is 2.46. The molecule has 1 aromatic carbocycles. The van der Waals surface area contributed by atoms with Gasteiger partial charge in [-0.3, -0.25) is 0 Å². The molecule has 0 saturated heterocycles. The van der Waals surface area contributed by atoms with Gasteiger partial charge in [0.25, 0.3) is 0 Å². The van der Waals surface area contributed by atoms with Crippen molar-refractivity contribution >= 4 is 5.70 Å². The molecule has 0 spiro atoms. The van der Waals surface area contributed by atoms with Gasteiger partial charge in [-0.05, 0) is 31.6 Å². The lowest BCUT2D eigenvalue weighted by Crippen LogP contribution is -2.04. The highest BCUT2D eigenvalue weighted by molar-refractivity contribution is 5.69. The first-order valence-corrected chi connectivity index (χ1v) is 5.15. The van der Waals surface area contributed by atoms with Crippen molar-refractivity contribution in [2.75, 3.05) is 0 Å². The maximum absolute atomic E-state index is 3.28. The van der Waals surface area contributed by atoms with Gasteiger partial charge >= 0.3 is 0 Å². The highest BCUT2D eigenvalue weighted by Crippen LogP contribution is 2.18. The Kier molecular flexibility index (Phi) is 2.72. The van der Waals surface area contributed by atoms with Crippen LogP contribution in [-0.4, -0.2) is 0 Å². The lowest BCUT2D eigenvalue weighted by molar-refractivity contribution is 1.20.